The summed E-state index contributed by atoms with van der Waals surface area (Å²) in [6.07, 6.45) is 5.18. The maximum atomic E-state index is 4.33. The molecule has 0 saturated carbocycles. The minimum Gasteiger partial charge on any atom is -0.370 e. The van der Waals surface area contributed by atoms with Gasteiger partial charge in [-0.2, -0.15) is 0 Å². The number of para-hydroxylation sites is 1. The van der Waals surface area contributed by atoms with Gasteiger partial charge in [-0.05, 0) is 30.5 Å². The van der Waals surface area contributed by atoms with Crippen molar-refractivity contribution in [2.45, 2.75) is 33.1 Å². The van der Waals surface area contributed by atoms with Crippen molar-refractivity contribution in [3.63, 3.8) is 0 Å². The summed E-state index contributed by atoms with van der Waals surface area (Å²) in [4.78, 5) is 4.33. The molecule has 20 heavy (non-hydrogen) atoms. The van der Waals surface area contributed by atoms with Gasteiger partial charge in [0.2, 0.25) is 0 Å². The van der Waals surface area contributed by atoms with Crippen LogP contribution in [0.15, 0.2) is 42.6 Å². The molecule has 0 atom stereocenters. The first-order valence-corrected chi connectivity index (χ1v) is 7.38. The number of anilines is 3. The van der Waals surface area contributed by atoms with E-state index in [4.69, 9.17) is 0 Å². The number of pyridine rings is 1. The minimum atomic E-state index is 0.921. The third-order valence-corrected chi connectivity index (χ3v) is 3.13. The molecule has 2 N–H and O–H groups in total. The largest absolute Gasteiger partial charge is 0.370 e. The van der Waals surface area contributed by atoms with Crippen molar-refractivity contribution in [2.24, 2.45) is 0 Å². The summed E-state index contributed by atoms with van der Waals surface area (Å²) in [5.74, 6) is 0.921. The lowest BCUT2D eigenvalue weighted by atomic mass is 10.1. The number of hydrogen-bond donors (Lipinski definition) is 2. The van der Waals surface area contributed by atoms with Crippen LogP contribution in [0.5, 0.6) is 0 Å². The number of hydrogen-bond acceptors (Lipinski definition) is 3. The third kappa shape index (κ3) is 3.98. The summed E-state index contributed by atoms with van der Waals surface area (Å²) in [5.41, 5.74) is 3.61. The molecular formula is C17H23N3. The van der Waals surface area contributed by atoms with Crippen LogP contribution in [0.2, 0.25) is 0 Å². The highest BCUT2D eigenvalue weighted by atomic mass is 15.0. The predicted octanol–water partition coefficient (Wildman–Crippen LogP) is 4.60. The van der Waals surface area contributed by atoms with Gasteiger partial charge in [-0.15, -0.1) is 0 Å². The zero-order chi connectivity index (χ0) is 14.2. The first kappa shape index (κ1) is 14.4. The van der Waals surface area contributed by atoms with Gasteiger partial charge in [0, 0.05) is 30.2 Å². The molecule has 106 valence electrons. The van der Waals surface area contributed by atoms with Crippen LogP contribution in [-0.4, -0.2) is 11.5 Å². The molecule has 0 saturated heterocycles. The molecule has 1 heterocycles. The summed E-state index contributed by atoms with van der Waals surface area (Å²) in [5, 5.41) is 6.80. The molecular weight excluding hydrogens is 246 g/mol. The average molecular weight is 269 g/mol. The molecule has 0 bridgehead atoms. The lowest BCUT2D eigenvalue weighted by molar-refractivity contribution is 0.923. The number of rotatable bonds is 7. The monoisotopic (exact) mass is 269 g/mol. The quantitative estimate of drug-likeness (QED) is 0.771. The Morgan fingerprint density at radius 3 is 2.70 bits per heavy atom. The minimum absolute atomic E-state index is 0.921. The van der Waals surface area contributed by atoms with Crippen molar-refractivity contribution in [1.29, 1.82) is 0 Å². The maximum Gasteiger partial charge on any atom is 0.127 e. The predicted molar refractivity (Wildman–Crippen MR) is 86.7 cm³/mol. The second-order valence-electron chi connectivity index (χ2n) is 4.89. The highest BCUT2D eigenvalue weighted by molar-refractivity contribution is 5.65. The second kappa shape index (κ2) is 7.53. The molecule has 1 aromatic heterocycles. The van der Waals surface area contributed by atoms with Gasteiger partial charge >= 0.3 is 0 Å². The maximum absolute atomic E-state index is 4.33. The summed E-state index contributed by atoms with van der Waals surface area (Å²) in [7, 11) is 0. The molecule has 0 aliphatic rings. The fourth-order valence-corrected chi connectivity index (χ4v) is 2.14. The van der Waals surface area contributed by atoms with Crippen LogP contribution in [0, 0.1) is 0 Å². The van der Waals surface area contributed by atoms with Crippen LogP contribution in [0.25, 0.3) is 0 Å². The van der Waals surface area contributed by atoms with Gasteiger partial charge in [-0.3, -0.25) is 0 Å². The summed E-state index contributed by atoms with van der Waals surface area (Å²) in [6.45, 7) is 5.30. The van der Waals surface area contributed by atoms with Gasteiger partial charge < -0.3 is 10.6 Å². The Labute approximate surface area is 121 Å². The Kier molecular flexibility index (Phi) is 5.42. The zero-order valence-electron chi connectivity index (χ0n) is 12.3. The van der Waals surface area contributed by atoms with Crippen LogP contribution in [0.3, 0.4) is 0 Å². The number of nitrogens with zero attached hydrogens (tertiary/aromatic N) is 1. The van der Waals surface area contributed by atoms with E-state index in [1.807, 2.05) is 12.3 Å². The summed E-state index contributed by atoms with van der Waals surface area (Å²) < 4.78 is 0. The van der Waals surface area contributed by atoms with E-state index >= 15 is 0 Å². The number of benzene rings is 1. The molecule has 1 aromatic carbocycles. The van der Waals surface area contributed by atoms with E-state index in [0.29, 0.717) is 0 Å². The van der Waals surface area contributed by atoms with Gasteiger partial charge in [0.1, 0.15) is 5.82 Å². The van der Waals surface area contributed by atoms with Gasteiger partial charge in [0.15, 0.2) is 0 Å². The Hall–Kier alpha value is -2.03. The van der Waals surface area contributed by atoms with Crippen LogP contribution < -0.4 is 10.6 Å². The van der Waals surface area contributed by atoms with Crippen molar-refractivity contribution in [2.75, 3.05) is 17.2 Å². The first-order chi connectivity index (χ1) is 9.83. The fourth-order valence-electron chi connectivity index (χ4n) is 2.14. The smallest absolute Gasteiger partial charge is 0.127 e. The number of nitrogens with one attached hydrogen (secondary N) is 2. The fraction of sp³-hybridized carbons (Fsp3) is 0.353. The van der Waals surface area contributed by atoms with Crippen molar-refractivity contribution in [3.05, 3.63) is 48.2 Å². The lowest BCUT2D eigenvalue weighted by Crippen LogP contribution is -2.02. The van der Waals surface area contributed by atoms with Gasteiger partial charge in [-0.25, -0.2) is 4.98 Å². The molecule has 2 aromatic rings. The highest BCUT2D eigenvalue weighted by Crippen LogP contribution is 2.23. The van der Waals surface area contributed by atoms with E-state index in [1.165, 1.54) is 11.3 Å². The van der Waals surface area contributed by atoms with Crippen LogP contribution in [-0.2, 0) is 6.42 Å². The van der Waals surface area contributed by atoms with E-state index in [1.54, 1.807) is 0 Å². The van der Waals surface area contributed by atoms with Crippen molar-refractivity contribution < 1.29 is 0 Å². The normalized spacial score (nSPS) is 10.3. The average Bonchev–Trinajstić information content (AvgIpc) is 2.48. The molecule has 0 radical (unpaired) electrons. The van der Waals surface area contributed by atoms with Crippen molar-refractivity contribution in [3.8, 4) is 0 Å². The molecule has 3 nitrogen and oxygen atoms in total. The first-order valence-electron chi connectivity index (χ1n) is 7.38. The van der Waals surface area contributed by atoms with Crippen LogP contribution >= 0.6 is 0 Å². The van der Waals surface area contributed by atoms with Gasteiger partial charge in [0.25, 0.3) is 0 Å². The molecule has 0 aliphatic carbocycles. The molecule has 2 rings (SSSR count). The SMILES string of the molecule is CCCNc1cc(Nc2ccccc2CCC)ccn1. The second-order valence-corrected chi connectivity index (χ2v) is 4.89. The standard InChI is InChI=1S/C17H23N3/c1-3-7-14-8-5-6-9-16(14)20-15-10-12-19-17(13-15)18-11-4-2/h5-6,8-10,12-13H,3-4,7,11H2,1-2H3,(H2,18,19,20). The molecule has 0 aliphatic heterocycles. The van der Waals surface area contributed by atoms with Crippen LogP contribution in [0.4, 0.5) is 17.2 Å². The van der Waals surface area contributed by atoms with Gasteiger partial charge in [0.05, 0.1) is 0 Å². The number of aryl methyl sites for hydroxylation is 1. The molecule has 3 heteroatoms. The summed E-state index contributed by atoms with van der Waals surface area (Å²) in [6, 6.07) is 12.5. The van der Waals surface area contributed by atoms with Crippen molar-refractivity contribution in [1.82, 2.24) is 4.98 Å². The van der Waals surface area contributed by atoms with E-state index < -0.39 is 0 Å². The van der Waals surface area contributed by atoms with E-state index in [2.05, 4.69) is 59.8 Å². The van der Waals surface area contributed by atoms with Gasteiger partial charge in [-0.1, -0.05) is 38.5 Å². The molecule has 0 spiro atoms. The highest BCUT2D eigenvalue weighted by Gasteiger charge is 2.02. The molecule has 0 amide bonds. The van der Waals surface area contributed by atoms with E-state index in [0.717, 1.165) is 37.3 Å². The van der Waals surface area contributed by atoms with Crippen molar-refractivity contribution >= 4 is 17.2 Å². The Balaban J connectivity index is 2.13. The third-order valence-electron chi connectivity index (χ3n) is 3.13. The Bertz CT molecular complexity index is 537. The Morgan fingerprint density at radius 2 is 1.90 bits per heavy atom. The van der Waals surface area contributed by atoms with E-state index in [-0.39, 0.29) is 0 Å². The number of aromatic nitrogens is 1. The zero-order valence-corrected chi connectivity index (χ0v) is 12.3. The van der Waals surface area contributed by atoms with E-state index in [9.17, 15) is 0 Å². The lowest BCUT2D eigenvalue weighted by Gasteiger charge is -2.12. The molecule has 0 fully saturated rings. The Morgan fingerprint density at radius 1 is 1.05 bits per heavy atom. The topological polar surface area (TPSA) is 37.0 Å². The summed E-state index contributed by atoms with van der Waals surface area (Å²) >= 11 is 0. The van der Waals surface area contributed by atoms with Crippen LogP contribution in [0.1, 0.15) is 32.3 Å². The molecule has 0 unspecified atom stereocenters.